The van der Waals surface area contributed by atoms with Crippen molar-refractivity contribution in [1.82, 2.24) is 9.80 Å². The molecule has 26 heavy (non-hydrogen) atoms. The van der Waals surface area contributed by atoms with E-state index < -0.39 is 5.60 Å². The van der Waals surface area contributed by atoms with Gasteiger partial charge in [-0.1, -0.05) is 6.07 Å². The number of hydrogen-bond acceptors (Lipinski definition) is 4. The van der Waals surface area contributed by atoms with Crippen LogP contribution in [0.2, 0.25) is 0 Å². The third-order valence-electron chi connectivity index (χ3n) is 5.47. The number of likely N-dealkylation sites (N-methyl/N-ethyl adjacent to an activating group) is 1. The lowest BCUT2D eigenvalue weighted by atomic mass is 9.96. The van der Waals surface area contributed by atoms with Gasteiger partial charge in [-0.3, -0.25) is 9.69 Å². The third-order valence-corrected chi connectivity index (χ3v) is 5.47. The Hall–Kier alpha value is -1.59. The van der Waals surface area contributed by atoms with Crippen LogP contribution in [0.5, 0.6) is 5.75 Å². The lowest BCUT2D eigenvalue weighted by Crippen LogP contribution is -2.41. The van der Waals surface area contributed by atoms with E-state index in [0.29, 0.717) is 26.0 Å². The first kappa shape index (κ1) is 20.7. The van der Waals surface area contributed by atoms with Gasteiger partial charge in [-0.05, 0) is 76.8 Å². The number of aliphatic hydroxyl groups is 1. The first-order valence-electron chi connectivity index (χ1n) is 9.79. The minimum Gasteiger partial charge on any atom is -0.491 e. The largest absolute Gasteiger partial charge is 0.491 e. The van der Waals surface area contributed by atoms with E-state index in [1.807, 2.05) is 36.9 Å². The maximum Gasteiger partial charge on any atom is 0.236 e. The molecule has 1 unspecified atom stereocenters. The van der Waals surface area contributed by atoms with Gasteiger partial charge in [0.1, 0.15) is 12.4 Å². The van der Waals surface area contributed by atoms with Crippen molar-refractivity contribution in [2.45, 2.75) is 52.6 Å². The highest BCUT2D eigenvalue weighted by molar-refractivity contribution is 5.78. The van der Waals surface area contributed by atoms with Gasteiger partial charge in [-0.15, -0.1) is 0 Å². The van der Waals surface area contributed by atoms with Crippen molar-refractivity contribution in [1.29, 1.82) is 0 Å². The molecule has 0 spiro atoms. The lowest BCUT2D eigenvalue weighted by molar-refractivity contribution is -0.132. The molecule has 1 aromatic rings. The van der Waals surface area contributed by atoms with E-state index in [-0.39, 0.29) is 5.91 Å². The van der Waals surface area contributed by atoms with E-state index in [1.54, 1.807) is 0 Å². The van der Waals surface area contributed by atoms with E-state index in [9.17, 15) is 9.90 Å². The van der Waals surface area contributed by atoms with Gasteiger partial charge in [0.15, 0.2) is 0 Å². The summed E-state index contributed by atoms with van der Waals surface area (Å²) in [5.74, 6) is 0.978. The molecule has 0 aromatic heterocycles. The summed E-state index contributed by atoms with van der Waals surface area (Å²) in [6, 6.07) is 6.02. The number of likely N-dealkylation sites (tertiary alicyclic amines) is 1. The molecule has 1 fully saturated rings. The molecule has 146 valence electrons. The summed E-state index contributed by atoms with van der Waals surface area (Å²) in [5, 5.41) is 10.9. The average Bonchev–Trinajstić information content (AvgIpc) is 2.79. The molecular weight excluding hydrogens is 328 g/mol. The lowest BCUT2D eigenvalue weighted by Gasteiger charge is -2.27. The maximum absolute atomic E-state index is 12.3. The quantitative estimate of drug-likeness (QED) is 0.810. The SMILES string of the molecule is CCN(CC)C(=O)CN1CCCC(O)(COc2ccc(C)c(C)c2)CC1. The van der Waals surface area contributed by atoms with Gasteiger partial charge in [0.05, 0.1) is 12.1 Å². The van der Waals surface area contributed by atoms with Crippen molar-refractivity contribution in [3.05, 3.63) is 29.3 Å². The smallest absolute Gasteiger partial charge is 0.236 e. The number of nitrogens with zero attached hydrogens (tertiary/aromatic N) is 2. The Morgan fingerprint density at radius 3 is 2.58 bits per heavy atom. The Labute approximate surface area is 157 Å². The zero-order valence-electron chi connectivity index (χ0n) is 16.8. The molecule has 0 radical (unpaired) electrons. The van der Waals surface area contributed by atoms with Crippen LogP contribution in [-0.2, 0) is 4.79 Å². The fourth-order valence-electron chi connectivity index (χ4n) is 3.43. The highest BCUT2D eigenvalue weighted by Crippen LogP contribution is 2.25. The minimum atomic E-state index is -0.828. The molecule has 1 aromatic carbocycles. The van der Waals surface area contributed by atoms with Gasteiger partial charge in [-0.2, -0.15) is 0 Å². The van der Waals surface area contributed by atoms with Crippen LogP contribution in [0.4, 0.5) is 0 Å². The van der Waals surface area contributed by atoms with E-state index in [4.69, 9.17) is 4.74 Å². The molecule has 1 N–H and O–H groups in total. The van der Waals surface area contributed by atoms with E-state index >= 15 is 0 Å². The number of rotatable bonds is 7. The molecular formula is C21H34N2O3. The van der Waals surface area contributed by atoms with Crippen molar-refractivity contribution in [3.63, 3.8) is 0 Å². The molecule has 0 saturated carbocycles. The number of ether oxygens (including phenoxy) is 1. The second-order valence-electron chi connectivity index (χ2n) is 7.45. The molecule has 1 aliphatic rings. The molecule has 5 nitrogen and oxygen atoms in total. The van der Waals surface area contributed by atoms with Crippen LogP contribution in [0.15, 0.2) is 18.2 Å². The first-order valence-corrected chi connectivity index (χ1v) is 9.79. The number of amides is 1. The summed E-state index contributed by atoms with van der Waals surface area (Å²) in [6.07, 6.45) is 2.20. The number of carbonyl (C=O) groups excluding carboxylic acids is 1. The summed E-state index contributed by atoms with van der Waals surface area (Å²) in [6.45, 7) is 12.0. The predicted molar refractivity (Wildman–Crippen MR) is 105 cm³/mol. The van der Waals surface area contributed by atoms with Crippen molar-refractivity contribution in [2.75, 3.05) is 39.3 Å². The van der Waals surface area contributed by atoms with Crippen LogP contribution in [0.3, 0.4) is 0 Å². The van der Waals surface area contributed by atoms with Gasteiger partial charge in [0.25, 0.3) is 0 Å². The summed E-state index contributed by atoms with van der Waals surface area (Å²) in [4.78, 5) is 16.3. The monoisotopic (exact) mass is 362 g/mol. The van der Waals surface area contributed by atoms with E-state index in [2.05, 4.69) is 18.7 Å². The van der Waals surface area contributed by atoms with Crippen LogP contribution >= 0.6 is 0 Å². The van der Waals surface area contributed by atoms with Crippen molar-refractivity contribution >= 4 is 5.91 Å². The Morgan fingerprint density at radius 1 is 1.19 bits per heavy atom. The molecule has 1 atom stereocenters. The second kappa shape index (κ2) is 9.38. The number of aryl methyl sites for hydroxylation is 2. The van der Waals surface area contributed by atoms with Crippen molar-refractivity contribution < 1.29 is 14.6 Å². The molecule has 2 rings (SSSR count). The topological polar surface area (TPSA) is 53.0 Å². The second-order valence-corrected chi connectivity index (χ2v) is 7.45. The first-order chi connectivity index (χ1) is 12.4. The fourth-order valence-corrected chi connectivity index (χ4v) is 3.43. The number of carbonyl (C=O) groups is 1. The molecule has 1 aliphatic heterocycles. The van der Waals surface area contributed by atoms with Crippen molar-refractivity contribution in [2.24, 2.45) is 0 Å². The summed E-state index contributed by atoms with van der Waals surface area (Å²) in [5.41, 5.74) is 1.60. The van der Waals surface area contributed by atoms with Crippen LogP contribution in [-0.4, -0.2) is 65.7 Å². The Bertz CT molecular complexity index is 601. The Morgan fingerprint density at radius 2 is 1.92 bits per heavy atom. The Kier molecular flexibility index (Phi) is 7.47. The summed E-state index contributed by atoms with van der Waals surface area (Å²) < 4.78 is 5.89. The van der Waals surface area contributed by atoms with Gasteiger partial charge in [0, 0.05) is 19.6 Å². The van der Waals surface area contributed by atoms with Gasteiger partial charge < -0.3 is 14.7 Å². The number of benzene rings is 1. The highest BCUT2D eigenvalue weighted by atomic mass is 16.5. The van der Waals surface area contributed by atoms with E-state index in [0.717, 1.165) is 38.3 Å². The molecule has 0 bridgehead atoms. The minimum absolute atomic E-state index is 0.173. The highest BCUT2D eigenvalue weighted by Gasteiger charge is 2.31. The number of hydrogen-bond donors (Lipinski definition) is 1. The van der Waals surface area contributed by atoms with Crippen LogP contribution in [0, 0.1) is 13.8 Å². The fraction of sp³-hybridized carbons (Fsp3) is 0.667. The van der Waals surface area contributed by atoms with Crippen LogP contribution in [0.1, 0.15) is 44.2 Å². The summed E-state index contributed by atoms with van der Waals surface area (Å²) in [7, 11) is 0. The molecule has 1 saturated heterocycles. The normalized spacial score (nSPS) is 21.3. The predicted octanol–water partition coefficient (Wildman–Crippen LogP) is 2.77. The zero-order chi connectivity index (χ0) is 19.2. The van der Waals surface area contributed by atoms with Gasteiger partial charge in [0.2, 0.25) is 5.91 Å². The molecule has 1 amide bonds. The molecule has 0 aliphatic carbocycles. The average molecular weight is 363 g/mol. The van der Waals surface area contributed by atoms with Gasteiger partial charge in [-0.25, -0.2) is 0 Å². The van der Waals surface area contributed by atoms with Gasteiger partial charge >= 0.3 is 0 Å². The molecule has 1 heterocycles. The third kappa shape index (κ3) is 5.71. The van der Waals surface area contributed by atoms with Crippen LogP contribution in [0.25, 0.3) is 0 Å². The molecule has 5 heteroatoms. The Balaban J connectivity index is 1.87. The van der Waals surface area contributed by atoms with Crippen LogP contribution < -0.4 is 4.74 Å². The standard InChI is InChI=1S/C21H34N2O3/c1-5-23(6-2)20(24)15-22-12-7-10-21(25,11-13-22)16-26-19-9-8-17(3)18(4)14-19/h8-9,14,25H,5-7,10-13,15-16H2,1-4H3. The zero-order valence-corrected chi connectivity index (χ0v) is 16.8. The summed E-state index contributed by atoms with van der Waals surface area (Å²) >= 11 is 0. The van der Waals surface area contributed by atoms with Crippen molar-refractivity contribution in [3.8, 4) is 5.75 Å². The maximum atomic E-state index is 12.3. The van der Waals surface area contributed by atoms with E-state index in [1.165, 1.54) is 11.1 Å².